The van der Waals surface area contributed by atoms with E-state index in [0.29, 0.717) is 11.7 Å². The van der Waals surface area contributed by atoms with Crippen molar-refractivity contribution in [2.24, 2.45) is 23.7 Å². The molecule has 112 valence electrons. The minimum Gasteiger partial charge on any atom is -0.303 e. The molecule has 1 fully saturated rings. The van der Waals surface area contributed by atoms with Crippen LogP contribution in [0.1, 0.15) is 60.3 Å². The molecule has 0 N–H and O–H groups in total. The molecule has 1 rings (SSSR count). The minimum atomic E-state index is 0.296. The number of carbonyl (C=O) groups excluding carboxylic acids is 1. The number of nitrogens with zero attached hydrogens (tertiary/aromatic N) is 1. The molecule has 0 aromatic heterocycles. The van der Waals surface area contributed by atoms with Crippen LogP contribution >= 0.6 is 0 Å². The zero-order valence-electron chi connectivity index (χ0n) is 13.6. The van der Waals surface area contributed by atoms with Gasteiger partial charge in [-0.05, 0) is 37.1 Å². The van der Waals surface area contributed by atoms with Crippen molar-refractivity contribution in [3.8, 4) is 0 Å². The molecule has 0 bridgehead atoms. The summed E-state index contributed by atoms with van der Waals surface area (Å²) in [6, 6.07) is 0. The third kappa shape index (κ3) is 5.25. The number of ketones is 1. The zero-order chi connectivity index (χ0) is 14.4. The average Bonchev–Trinajstić information content (AvgIpc) is 2.39. The fraction of sp³-hybridized carbons (Fsp3) is 0.941. The Bertz CT molecular complexity index is 274. The number of hydrogen-bond donors (Lipinski definition) is 0. The van der Waals surface area contributed by atoms with E-state index in [1.165, 1.54) is 6.42 Å². The van der Waals surface area contributed by atoms with Crippen LogP contribution < -0.4 is 0 Å². The van der Waals surface area contributed by atoms with Gasteiger partial charge in [-0.3, -0.25) is 4.79 Å². The Kier molecular flexibility index (Phi) is 7.06. The summed E-state index contributed by atoms with van der Waals surface area (Å²) < 4.78 is 0. The highest BCUT2D eigenvalue weighted by atomic mass is 16.1. The van der Waals surface area contributed by atoms with Gasteiger partial charge in [0, 0.05) is 25.4 Å². The van der Waals surface area contributed by atoms with Gasteiger partial charge < -0.3 is 4.90 Å². The van der Waals surface area contributed by atoms with E-state index in [1.54, 1.807) is 0 Å². The fourth-order valence-electron chi connectivity index (χ4n) is 3.14. The smallest absolute Gasteiger partial charge is 0.137 e. The SMILES string of the molecule is CCC(C)CN(CC)CC1CC(C(C)C)CCC1=O. The standard InChI is InChI=1S/C17H33NO/c1-6-14(5)11-18(7-2)12-16-10-15(13(3)4)8-9-17(16)19/h13-16H,6-12H2,1-5H3. The predicted octanol–water partition coefficient (Wildman–Crippen LogP) is 4.00. The zero-order valence-corrected chi connectivity index (χ0v) is 13.6. The summed E-state index contributed by atoms with van der Waals surface area (Å²) in [6.45, 7) is 14.6. The second-order valence-corrected chi connectivity index (χ2v) is 6.81. The van der Waals surface area contributed by atoms with Crippen LogP contribution in [0.4, 0.5) is 0 Å². The van der Waals surface area contributed by atoms with Crippen molar-refractivity contribution < 1.29 is 4.79 Å². The predicted molar refractivity (Wildman–Crippen MR) is 82.2 cm³/mol. The molecule has 0 heterocycles. The van der Waals surface area contributed by atoms with E-state index in [9.17, 15) is 4.79 Å². The van der Waals surface area contributed by atoms with Crippen LogP contribution in [-0.4, -0.2) is 30.3 Å². The summed E-state index contributed by atoms with van der Waals surface area (Å²) in [5.74, 6) is 3.02. The lowest BCUT2D eigenvalue weighted by atomic mass is 9.75. The number of rotatable bonds is 7. The van der Waals surface area contributed by atoms with Crippen LogP contribution in [0.2, 0.25) is 0 Å². The van der Waals surface area contributed by atoms with Gasteiger partial charge in [0.2, 0.25) is 0 Å². The molecule has 1 aliphatic rings. The Morgan fingerprint density at radius 3 is 2.47 bits per heavy atom. The highest BCUT2D eigenvalue weighted by molar-refractivity contribution is 5.82. The molecule has 0 radical (unpaired) electrons. The van der Waals surface area contributed by atoms with Crippen molar-refractivity contribution >= 4 is 5.78 Å². The lowest BCUT2D eigenvalue weighted by Gasteiger charge is -2.34. The van der Waals surface area contributed by atoms with Crippen LogP contribution in [0.15, 0.2) is 0 Å². The Hall–Kier alpha value is -0.370. The maximum absolute atomic E-state index is 12.1. The fourth-order valence-corrected chi connectivity index (χ4v) is 3.14. The molecule has 2 heteroatoms. The molecular formula is C17H33NO. The van der Waals surface area contributed by atoms with Crippen molar-refractivity contribution in [1.29, 1.82) is 0 Å². The maximum atomic E-state index is 12.1. The summed E-state index contributed by atoms with van der Waals surface area (Å²) in [5, 5.41) is 0. The van der Waals surface area contributed by atoms with Crippen LogP contribution in [0.3, 0.4) is 0 Å². The van der Waals surface area contributed by atoms with E-state index in [2.05, 4.69) is 39.5 Å². The van der Waals surface area contributed by atoms with Gasteiger partial charge in [-0.15, -0.1) is 0 Å². The summed E-state index contributed by atoms with van der Waals surface area (Å²) in [6.07, 6.45) is 4.27. The van der Waals surface area contributed by atoms with Crippen LogP contribution in [0.25, 0.3) is 0 Å². The van der Waals surface area contributed by atoms with E-state index in [0.717, 1.165) is 56.7 Å². The molecule has 3 atom stereocenters. The molecule has 1 saturated carbocycles. The molecule has 2 nitrogen and oxygen atoms in total. The summed E-state index contributed by atoms with van der Waals surface area (Å²) in [5.41, 5.74) is 0. The van der Waals surface area contributed by atoms with Gasteiger partial charge in [0.25, 0.3) is 0 Å². The third-order valence-corrected chi connectivity index (χ3v) is 4.94. The molecule has 0 aliphatic heterocycles. The topological polar surface area (TPSA) is 20.3 Å². The number of Topliss-reactive ketones (excluding diaryl/α,β-unsaturated/α-hetero) is 1. The van der Waals surface area contributed by atoms with Crippen molar-refractivity contribution in [1.82, 2.24) is 4.90 Å². The van der Waals surface area contributed by atoms with Gasteiger partial charge in [0.05, 0.1) is 0 Å². The normalized spacial score (nSPS) is 26.2. The van der Waals surface area contributed by atoms with Gasteiger partial charge in [-0.2, -0.15) is 0 Å². The van der Waals surface area contributed by atoms with E-state index in [1.807, 2.05) is 0 Å². The number of hydrogen-bond acceptors (Lipinski definition) is 2. The lowest BCUT2D eigenvalue weighted by Crippen LogP contribution is -2.39. The van der Waals surface area contributed by atoms with E-state index in [4.69, 9.17) is 0 Å². The van der Waals surface area contributed by atoms with Crippen molar-refractivity contribution in [3.05, 3.63) is 0 Å². The molecule has 0 amide bonds. The van der Waals surface area contributed by atoms with Crippen LogP contribution in [0, 0.1) is 23.7 Å². The first kappa shape index (κ1) is 16.7. The average molecular weight is 267 g/mol. The quantitative estimate of drug-likeness (QED) is 0.695. The highest BCUT2D eigenvalue weighted by Crippen LogP contribution is 2.32. The third-order valence-electron chi connectivity index (χ3n) is 4.94. The first-order valence-corrected chi connectivity index (χ1v) is 8.22. The Morgan fingerprint density at radius 2 is 1.95 bits per heavy atom. The van der Waals surface area contributed by atoms with E-state index >= 15 is 0 Å². The van der Waals surface area contributed by atoms with Crippen molar-refractivity contribution in [3.63, 3.8) is 0 Å². The Balaban J connectivity index is 2.53. The lowest BCUT2D eigenvalue weighted by molar-refractivity contribution is -0.126. The van der Waals surface area contributed by atoms with E-state index < -0.39 is 0 Å². The monoisotopic (exact) mass is 267 g/mol. The Labute approximate surface area is 119 Å². The van der Waals surface area contributed by atoms with Crippen LogP contribution in [0.5, 0.6) is 0 Å². The van der Waals surface area contributed by atoms with Gasteiger partial charge in [-0.25, -0.2) is 0 Å². The van der Waals surface area contributed by atoms with Gasteiger partial charge >= 0.3 is 0 Å². The van der Waals surface area contributed by atoms with E-state index in [-0.39, 0.29) is 0 Å². The van der Waals surface area contributed by atoms with Crippen LogP contribution in [-0.2, 0) is 4.79 Å². The molecule has 0 aromatic rings. The summed E-state index contributed by atoms with van der Waals surface area (Å²) in [4.78, 5) is 14.6. The van der Waals surface area contributed by atoms with Gasteiger partial charge in [-0.1, -0.05) is 41.0 Å². The summed E-state index contributed by atoms with van der Waals surface area (Å²) >= 11 is 0. The molecule has 0 saturated heterocycles. The molecule has 1 aliphatic carbocycles. The molecule has 19 heavy (non-hydrogen) atoms. The first-order chi connectivity index (χ1) is 8.97. The largest absolute Gasteiger partial charge is 0.303 e. The second-order valence-electron chi connectivity index (χ2n) is 6.81. The second kappa shape index (κ2) is 8.04. The first-order valence-electron chi connectivity index (χ1n) is 8.22. The molecular weight excluding hydrogens is 234 g/mol. The number of carbonyl (C=O) groups is 1. The molecule has 0 spiro atoms. The van der Waals surface area contributed by atoms with Gasteiger partial charge in [0.1, 0.15) is 5.78 Å². The maximum Gasteiger partial charge on any atom is 0.137 e. The Morgan fingerprint density at radius 1 is 1.26 bits per heavy atom. The highest BCUT2D eigenvalue weighted by Gasteiger charge is 2.31. The van der Waals surface area contributed by atoms with Crippen molar-refractivity contribution in [2.75, 3.05) is 19.6 Å². The van der Waals surface area contributed by atoms with Crippen molar-refractivity contribution in [2.45, 2.75) is 60.3 Å². The molecule has 0 aromatic carbocycles. The van der Waals surface area contributed by atoms with Gasteiger partial charge in [0.15, 0.2) is 0 Å². The summed E-state index contributed by atoms with van der Waals surface area (Å²) in [7, 11) is 0. The molecule has 3 unspecified atom stereocenters. The minimum absolute atomic E-state index is 0.296.